The molecule has 1 aliphatic heterocycles. The van der Waals surface area contributed by atoms with E-state index in [0.29, 0.717) is 25.1 Å². The van der Waals surface area contributed by atoms with Gasteiger partial charge in [-0.1, -0.05) is 19.4 Å². The molecule has 0 radical (unpaired) electrons. The average molecular weight is 339 g/mol. The summed E-state index contributed by atoms with van der Waals surface area (Å²) in [7, 11) is -0.550. The first-order valence-corrected chi connectivity index (χ1v) is 9.21. The summed E-state index contributed by atoms with van der Waals surface area (Å²) >= 11 is 0. The zero-order valence-corrected chi connectivity index (χ0v) is 15.0. The predicted octanol–water partition coefficient (Wildman–Crippen LogP) is 1.34. The fourth-order valence-corrected chi connectivity index (χ4v) is 3.80. The van der Waals surface area contributed by atoms with Gasteiger partial charge in [-0.05, 0) is 37.5 Å². The van der Waals surface area contributed by atoms with Gasteiger partial charge in [-0.2, -0.15) is 0 Å². The molecule has 6 nitrogen and oxygen atoms in total. The second-order valence-electron chi connectivity index (χ2n) is 6.45. The van der Waals surface area contributed by atoms with Crippen LogP contribution in [0.3, 0.4) is 0 Å². The van der Waals surface area contributed by atoms with Crippen molar-refractivity contribution in [2.45, 2.75) is 43.5 Å². The zero-order chi connectivity index (χ0) is 17.4. The van der Waals surface area contributed by atoms with Gasteiger partial charge in [-0.25, -0.2) is 12.7 Å². The Balaban J connectivity index is 2.42. The van der Waals surface area contributed by atoms with Crippen molar-refractivity contribution in [3.05, 3.63) is 23.8 Å². The molecule has 1 heterocycles. The van der Waals surface area contributed by atoms with Crippen molar-refractivity contribution in [2.24, 2.45) is 5.73 Å². The Bertz CT molecular complexity index is 711. The number of hydrogen-bond acceptors (Lipinski definition) is 4. The Morgan fingerprint density at radius 2 is 2.04 bits per heavy atom. The van der Waals surface area contributed by atoms with Crippen LogP contribution in [0.1, 0.15) is 32.3 Å². The first kappa shape index (κ1) is 17.9. The smallest absolute Gasteiger partial charge is 0.246 e. The van der Waals surface area contributed by atoms with Gasteiger partial charge in [-0.15, -0.1) is 0 Å². The molecule has 0 saturated heterocycles. The number of nitrogens with two attached hydrogens (primary N) is 1. The highest BCUT2D eigenvalue weighted by molar-refractivity contribution is 7.89. The third kappa shape index (κ3) is 3.27. The lowest BCUT2D eigenvalue weighted by atomic mass is 9.95. The van der Waals surface area contributed by atoms with Gasteiger partial charge in [0.25, 0.3) is 0 Å². The lowest BCUT2D eigenvalue weighted by Crippen LogP contribution is -2.53. The molecule has 7 heteroatoms. The van der Waals surface area contributed by atoms with E-state index < -0.39 is 15.6 Å². The Morgan fingerprint density at radius 3 is 2.61 bits per heavy atom. The average Bonchev–Trinajstić information content (AvgIpc) is 2.88. The maximum Gasteiger partial charge on any atom is 0.246 e. The Labute approximate surface area is 138 Å². The van der Waals surface area contributed by atoms with E-state index in [1.165, 1.54) is 18.4 Å². The Kier molecular flexibility index (Phi) is 4.84. The predicted molar refractivity (Wildman–Crippen MR) is 90.9 cm³/mol. The maximum atomic E-state index is 12.8. The number of fused-ring (bicyclic) bond motifs is 1. The first-order chi connectivity index (χ1) is 10.6. The molecule has 1 aliphatic rings. The number of anilines is 1. The van der Waals surface area contributed by atoms with E-state index in [1.807, 2.05) is 6.92 Å². The molecule has 1 amide bonds. The number of carbonyl (C=O) groups is 1. The topological polar surface area (TPSA) is 83.7 Å². The zero-order valence-electron chi connectivity index (χ0n) is 14.2. The summed E-state index contributed by atoms with van der Waals surface area (Å²) in [6.07, 6.45) is 2.12. The first-order valence-electron chi connectivity index (χ1n) is 7.77. The third-order valence-electron chi connectivity index (χ3n) is 4.23. The normalized spacial score (nSPS) is 17.2. The molecular weight excluding hydrogens is 314 g/mol. The summed E-state index contributed by atoms with van der Waals surface area (Å²) in [5.41, 5.74) is 6.86. The minimum Gasteiger partial charge on any atom is -0.318 e. The summed E-state index contributed by atoms with van der Waals surface area (Å²) in [6.45, 7) is 4.26. The van der Waals surface area contributed by atoms with Crippen molar-refractivity contribution < 1.29 is 13.2 Å². The highest BCUT2D eigenvalue weighted by Crippen LogP contribution is 2.33. The van der Waals surface area contributed by atoms with Gasteiger partial charge in [0, 0.05) is 26.3 Å². The number of hydrogen-bond donors (Lipinski definition) is 1. The molecule has 1 atom stereocenters. The maximum absolute atomic E-state index is 12.8. The fraction of sp³-hybridized carbons (Fsp3) is 0.562. The number of carbonyl (C=O) groups excluding carboxylic acids is 1. The van der Waals surface area contributed by atoms with Gasteiger partial charge in [0.1, 0.15) is 0 Å². The monoisotopic (exact) mass is 339 g/mol. The molecule has 0 fully saturated rings. The molecule has 0 aliphatic carbocycles. The van der Waals surface area contributed by atoms with Crippen LogP contribution in [0.4, 0.5) is 5.69 Å². The minimum atomic E-state index is -3.53. The molecule has 0 saturated carbocycles. The highest BCUT2D eigenvalue weighted by atomic mass is 32.2. The van der Waals surface area contributed by atoms with E-state index in [4.69, 9.17) is 5.73 Å². The fourth-order valence-electron chi connectivity index (χ4n) is 2.88. The quantitative estimate of drug-likeness (QED) is 0.877. The van der Waals surface area contributed by atoms with E-state index in [-0.39, 0.29) is 10.8 Å². The van der Waals surface area contributed by atoms with Crippen LogP contribution >= 0.6 is 0 Å². The molecule has 128 valence electrons. The van der Waals surface area contributed by atoms with Crippen LogP contribution in [0.15, 0.2) is 23.1 Å². The SMILES string of the molecule is CCCC(C)(N)C(=O)N1CCc2ccc(S(=O)(=O)N(C)C)cc21. The lowest BCUT2D eigenvalue weighted by Gasteiger charge is -2.29. The molecule has 1 aromatic rings. The van der Waals surface area contributed by atoms with Gasteiger partial charge in [0.05, 0.1) is 10.4 Å². The van der Waals surface area contributed by atoms with E-state index in [2.05, 4.69) is 0 Å². The van der Waals surface area contributed by atoms with Crippen molar-refractivity contribution in [3.63, 3.8) is 0 Å². The summed E-state index contributed by atoms with van der Waals surface area (Å²) in [4.78, 5) is 14.6. The summed E-state index contributed by atoms with van der Waals surface area (Å²) in [5.74, 6) is -0.155. The molecule has 2 N–H and O–H groups in total. The van der Waals surface area contributed by atoms with Gasteiger partial charge in [0.15, 0.2) is 0 Å². The number of benzene rings is 1. The number of nitrogens with zero attached hydrogens (tertiary/aromatic N) is 2. The summed E-state index contributed by atoms with van der Waals surface area (Å²) in [5, 5.41) is 0. The van der Waals surface area contributed by atoms with Crippen LogP contribution in [0.25, 0.3) is 0 Å². The van der Waals surface area contributed by atoms with E-state index >= 15 is 0 Å². The molecule has 2 rings (SSSR count). The Morgan fingerprint density at radius 1 is 1.39 bits per heavy atom. The van der Waals surface area contributed by atoms with Crippen molar-refractivity contribution in [1.82, 2.24) is 4.31 Å². The van der Waals surface area contributed by atoms with Crippen molar-refractivity contribution in [3.8, 4) is 0 Å². The molecule has 1 unspecified atom stereocenters. The van der Waals surface area contributed by atoms with Gasteiger partial charge >= 0.3 is 0 Å². The second kappa shape index (κ2) is 6.22. The van der Waals surface area contributed by atoms with Gasteiger partial charge in [0.2, 0.25) is 15.9 Å². The van der Waals surface area contributed by atoms with Crippen LogP contribution in [0.2, 0.25) is 0 Å². The second-order valence-corrected chi connectivity index (χ2v) is 8.60. The Hall–Kier alpha value is -1.44. The number of amides is 1. The largest absolute Gasteiger partial charge is 0.318 e. The summed E-state index contributed by atoms with van der Waals surface area (Å²) < 4.78 is 25.8. The van der Waals surface area contributed by atoms with Crippen LogP contribution < -0.4 is 10.6 Å². The molecule has 0 aromatic heterocycles. The van der Waals surface area contributed by atoms with Crippen LogP contribution in [-0.2, 0) is 21.2 Å². The molecule has 0 bridgehead atoms. The van der Waals surface area contributed by atoms with Crippen LogP contribution in [0, 0.1) is 0 Å². The van der Waals surface area contributed by atoms with E-state index in [1.54, 1.807) is 30.0 Å². The van der Waals surface area contributed by atoms with Gasteiger partial charge in [-0.3, -0.25) is 4.79 Å². The van der Waals surface area contributed by atoms with Crippen molar-refractivity contribution in [1.29, 1.82) is 0 Å². The van der Waals surface area contributed by atoms with Crippen molar-refractivity contribution in [2.75, 3.05) is 25.5 Å². The molecule has 0 spiro atoms. The van der Waals surface area contributed by atoms with Crippen LogP contribution in [0.5, 0.6) is 0 Å². The molecule has 1 aromatic carbocycles. The minimum absolute atomic E-state index is 0.155. The molecular formula is C16H25N3O3S. The van der Waals surface area contributed by atoms with E-state index in [0.717, 1.165) is 12.0 Å². The standard InChI is InChI=1S/C16H25N3O3S/c1-5-9-16(2,17)15(20)19-10-8-12-6-7-13(11-14(12)19)23(21,22)18(3)4/h6-7,11H,5,8-10,17H2,1-4H3. The lowest BCUT2D eigenvalue weighted by molar-refractivity contribution is -0.123. The van der Waals surface area contributed by atoms with Gasteiger partial charge < -0.3 is 10.6 Å². The number of sulfonamides is 1. The summed E-state index contributed by atoms with van der Waals surface area (Å²) in [6, 6.07) is 4.96. The highest BCUT2D eigenvalue weighted by Gasteiger charge is 2.36. The van der Waals surface area contributed by atoms with E-state index in [9.17, 15) is 13.2 Å². The van der Waals surface area contributed by atoms with Crippen molar-refractivity contribution >= 4 is 21.6 Å². The third-order valence-corrected chi connectivity index (χ3v) is 6.05. The number of rotatable bonds is 5. The molecule has 23 heavy (non-hydrogen) atoms. The van der Waals surface area contributed by atoms with Crippen LogP contribution in [-0.4, -0.2) is 44.8 Å².